The fourth-order valence-electron chi connectivity index (χ4n) is 3.52. The zero-order valence-corrected chi connectivity index (χ0v) is 18.6. The molecule has 1 aliphatic heterocycles. The third-order valence-corrected chi connectivity index (χ3v) is 7.75. The first-order chi connectivity index (χ1) is 12.4. The molecule has 0 amide bonds. The monoisotopic (exact) mass is 391 g/mol. The van der Waals surface area contributed by atoms with Gasteiger partial charge < -0.3 is 9.31 Å². The summed E-state index contributed by atoms with van der Waals surface area (Å²) >= 11 is 0. The fourth-order valence-corrected chi connectivity index (χ4v) is 4.36. The normalized spacial score (nSPS) is 28.8. The highest BCUT2D eigenvalue weighted by Gasteiger charge is 2.55. The van der Waals surface area contributed by atoms with E-state index in [-0.39, 0.29) is 21.9 Å². The standard InChI is InChI=1S/C21H34BNO3S/c1-19(2,3)27(24)23-18(22-25-20(4,5)21(6,7)26-22)14-16-13-17(16)15-11-9-8-10-12-15/h8-12,16-18,23H,13-14H2,1-7H3/t16?,17?,18?,27-/m1/s1. The molecule has 2 fully saturated rings. The number of hydrogen-bond acceptors (Lipinski definition) is 3. The molecule has 1 N–H and O–H groups in total. The molecule has 0 radical (unpaired) electrons. The molecule has 1 heterocycles. The average Bonchev–Trinajstić information content (AvgIpc) is 3.27. The Morgan fingerprint density at radius 1 is 1.15 bits per heavy atom. The lowest BCUT2D eigenvalue weighted by Crippen LogP contribution is -2.49. The molecule has 6 heteroatoms. The maximum atomic E-state index is 12.8. The van der Waals surface area contributed by atoms with Crippen LogP contribution >= 0.6 is 0 Å². The summed E-state index contributed by atoms with van der Waals surface area (Å²) in [6.45, 7) is 14.2. The Bertz CT molecular complexity index is 670. The van der Waals surface area contributed by atoms with Crippen LogP contribution in [0.15, 0.2) is 30.3 Å². The van der Waals surface area contributed by atoms with Crippen molar-refractivity contribution in [3.63, 3.8) is 0 Å². The Balaban J connectivity index is 1.73. The molecule has 1 aliphatic carbocycles. The van der Waals surface area contributed by atoms with Crippen LogP contribution in [0, 0.1) is 5.92 Å². The van der Waals surface area contributed by atoms with Crippen molar-refractivity contribution in [2.75, 3.05) is 0 Å². The average molecular weight is 391 g/mol. The van der Waals surface area contributed by atoms with Crippen LogP contribution in [0.25, 0.3) is 0 Å². The SMILES string of the molecule is CC(C)(C)[S@@](=O)NC(CC1CC1c1ccccc1)B1OC(C)(C)C(C)(C)O1. The topological polar surface area (TPSA) is 47.6 Å². The van der Waals surface area contributed by atoms with Gasteiger partial charge >= 0.3 is 7.12 Å². The van der Waals surface area contributed by atoms with E-state index in [4.69, 9.17) is 9.31 Å². The lowest BCUT2D eigenvalue weighted by molar-refractivity contribution is 0.00578. The second-order valence-corrected chi connectivity index (χ2v) is 12.0. The molecule has 1 aromatic rings. The summed E-state index contributed by atoms with van der Waals surface area (Å²) in [4.78, 5) is 0. The molecule has 0 aromatic heterocycles. The van der Waals surface area contributed by atoms with Gasteiger partial charge in [-0.05, 0) is 78.7 Å². The number of rotatable bonds is 6. The van der Waals surface area contributed by atoms with Crippen molar-refractivity contribution in [2.24, 2.45) is 5.92 Å². The highest BCUT2D eigenvalue weighted by atomic mass is 32.2. The van der Waals surface area contributed by atoms with Gasteiger partial charge in [-0.1, -0.05) is 30.3 Å². The fraction of sp³-hybridized carbons (Fsp3) is 0.714. The molecule has 1 saturated heterocycles. The quantitative estimate of drug-likeness (QED) is 0.739. The van der Waals surface area contributed by atoms with Crippen LogP contribution in [0.5, 0.6) is 0 Å². The summed E-state index contributed by atoms with van der Waals surface area (Å²) in [7, 11) is -1.56. The Morgan fingerprint density at radius 2 is 1.70 bits per heavy atom. The Hall–Kier alpha value is -0.685. The van der Waals surface area contributed by atoms with Crippen LogP contribution < -0.4 is 4.72 Å². The second-order valence-electron chi connectivity index (χ2n) is 9.98. The summed E-state index contributed by atoms with van der Waals surface area (Å²) in [5.74, 6) is 1.06. The van der Waals surface area contributed by atoms with Crippen molar-refractivity contribution in [2.45, 2.75) is 89.1 Å². The number of nitrogens with one attached hydrogen (secondary N) is 1. The van der Waals surface area contributed by atoms with Gasteiger partial charge in [-0.15, -0.1) is 0 Å². The molecular weight excluding hydrogens is 357 g/mol. The molecule has 27 heavy (non-hydrogen) atoms. The lowest BCUT2D eigenvalue weighted by atomic mass is 9.75. The lowest BCUT2D eigenvalue weighted by Gasteiger charge is -2.32. The summed E-state index contributed by atoms with van der Waals surface area (Å²) < 4.78 is 28.4. The minimum atomic E-state index is -1.17. The van der Waals surface area contributed by atoms with Crippen molar-refractivity contribution >= 4 is 18.1 Å². The minimum absolute atomic E-state index is 0.0928. The minimum Gasteiger partial charge on any atom is -0.402 e. The largest absolute Gasteiger partial charge is 0.477 e. The van der Waals surface area contributed by atoms with E-state index in [0.717, 1.165) is 6.42 Å². The van der Waals surface area contributed by atoms with Crippen molar-refractivity contribution in [3.8, 4) is 0 Å². The van der Waals surface area contributed by atoms with Crippen molar-refractivity contribution < 1.29 is 13.5 Å². The maximum Gasteiger partial charge on any atom is 0.477 e. The molecule has 150 valence electrons. The van der Waals surface area contributed by atoms with Gasteiger partial charge in [-0.25, -0.2) is 8.93 Å². The van der Waals surface area contributed by atoms with Crippen LogP contribution in [0.4, 0.5) is 0 Å². The Labute approximate surface area is 167 Å². The van der Waals surface area contributed by atoms with Crippen LogP contribution in [0.2, 0.25) is 0 Å². The highest BCUT2D eigenvalue weighted by molar-refractivity contribution is 7.84. The molecule has 2 aliphatic rings. The molecule has 4 nitrogen and oxygen atoms in total. The van der Waals surface area contributed by atoms with E-state index in [1.165, 1.54) is 12.0 Å². The summed E-state index contributed by atoms with van der Waals surface area (Å²) in [6, 6.07) is 10.7. The van der Waals surface area contributed by atoms with Gasteiger partial charge in [0, 0.05) is 0 Å². The van der Waals surface area contributed by atoms with E-state index < -0.39 is 18.1 Å². The van der Waals surface area contributed by atoms with E-state index in [1.807, 2.05) is 20.8 Å². The van der Waals surface area contributed by atoms with Gasteiger partial charge in [0.2, 0.25) is 0 Å². The maximum absolute atomic E-state index is 12.8. The van der Waals surface area contributed by atoms with E-state index in [1.54, 1.807) is 0 Å². The molecule has 1 saturated carbocycles. The molecule has 0 spiro atoms. The molecular formula is C21H34BNO3S. The van der Waals surface area contributed by atoms with E-state index in [9.17, 15) is 4.21 Å². The first kappa shape index (κ1) is 21.0. The molecule has 3 rings (SSSR count). The number of benzene rings is 1. The van der Waals surface area contributed by atoms with E-state index in [0.29, 0.717) is 11.8 Å². The summed E-state index contributed by atoms with van der Waals surface area (Å²) in [5.41, 5.74) is 0.624. The van der Waals surface area contributed by atoms with Gasteiger partial charge in [-0.2, -0.15) is 0 Å². The predicted molar refractivity (Wildman–Crippen MR) is 113 cm³/mol. The van der Waals surface area contributed by atoms with Crippen LogP contribution in [0.1, 0.15) is 72.8 Å². The third kappa shape index (κ3) is 4.66. The van der Waals surface area contributed by atoms with Crippen LogP contribution in [0.3, 0.4) is 0 Å². The summed E-state index contributed by atoms with van der Waals surface area (Å²) in [6.07, 6.45) is 2.07. The smallest absolute Gasteiger partial charge is 0.402 e. The summed E-state index contributed by atoms with van der Waals surface area (Å²) in [5, 5.41) is 0. The molecule has 4 atom stereocenters. The van der Waals surface area contributed by atoms with Crippen LogP contribution in [-0.4, -0.2) is 33.2 Å². The van der Waals surface area contributed by atoms with Crippen molar-refractivity contribution in [1.82, 2.24) is 4.72 Å². The molecule has 1 aromatic carbocycles. The first-order valence-corrected chi connectivity index (χ1v) is 11.1. The molecule has 3 unspecified atom stereocenters. The van der Waals surface area contributed by atoms with Gasteiger partial charge in [0.15, 0.2) is 0 Å². The van der Waals surface area contributed by atoms with Gasteiger partial charge in [0.1, 0.15) is 0 Å². The van der Waals surface area contributed by atoms with E-state index in [2.05, 4.69) is 62.7 Å². The van der Waals surface area contributed by atoms with Crippen LogP contribution in [-0.2, 0) is 20.3 Å². The van der Waals surface area contributed by atoms with Gasteiger partial charge in [0.05, 0.1) is 32.9 Å². The second kappa shape index (κ2) is 7.29. The predicted octanol–water partition coefficient (Wildman–Crippen LogP) is 4.23. The number of hydrogen-bond donors (Lipinski definition) is 1. The Kier molecular flexibility index (Phi) is 5.68. The zero-order chi connectivity index (χ0) is 20.0. The van der Waals surface area contributed by atoms with Gasteiger partial charge in [-0.3, -0.25) is 0 Å². The van der Waals surface area contributed by atoms with Crippen molar-refractivity contribution in [3.05, 3.63) is 35.9 Å². The molecule has 0 bridgehead atoms. The first-order valence-electron chi connectivity index (χ1n) is 9.99. The third-order valence-electron chi connectivity index (χ3n) is 6.12. The van der Waals surface area contributed by atoms with Gasteiger partial charge in [0.25, 0.3) is 0 Å². The van der Waals surface area contributed by atoms with Crippen molar-refractivity contribution in [1.29, 1.82) is 0 Å². The zero-order valence-electron chi connectivity index (χ0n) is 17.7. The highest BCUT2D eigenvalue weighted by Crippen LogP contribution is 2.51. The van der Waals surface area contributed by atoms with E-state index >= 15 is 0 Å². The Morgan fingerprint density at radius 3 is 2.22 bits per heavy atom.